The maximum absolute atomic E-state index is 12.7. The van der Waals surface area contributed by atoms with Gasteiger partial charge < -0.3 is 5.73 Å². The van der Waals surface area contributed by atoms with Crippen molar-refractivity contribution < 1.29 is 4.39 Å². The van der Waals surface area contributed by atoms with Crippen LogP contribution in [0, 0.1) is 11.8 Å². The van der Waals surface area contributed by atoms with Gasteiger partial charge in [0.25, 0.3) is 0 Å². The van der Waals surface area contributed by atoms with Gasteiger partial charge in [-0.2, -0.15) is 5.10 Å². The van der Waals surface area contributed by atoms with Gasteiger partial charge in [-0.05, 0) is 35.9 Å². The van der Waals surface area contributed by atoms with E-state index in [9.17, 15) is 9.18 Å². The highest BCUT2D eigenvalue weighted by Crippen LogP contribution is 2.08. The van der Waals surface area contributed by atoms with Crippen molar-refractivity contribution in [3.63, 3.8) is 0 Å². The molecule has 0 radical (unpaired) electrons. The smallest absolute Gasteiger partial charge is 0.327 e. The Morgan fingerprint density at radius 2 is 2.04 bits per heavy atom. The maximum atomic E-state index is 12.7. The largest absolute Gasteiger partial charge is 0.350 e. The van der Waals surface area contributed by atoms with E-state index in [2.05, 4.69) is 21.9 Å². The quantitative estimate of drug-likeness (QED) is 0.727. The Hall–Kier alpha value is -3.50. The maximum Gasteiger partial charge on any atom is 0.350 e. The number of halogens is 1. The fourth-order valence-corrected chi connectivity index (χ4v) is 2.27. The second-order valence-electron chi connectivity index (χ2n) is 5.45. The molecule has 7 heteroatoms. The average Bonchev–Trinajstić information content (AvgIpc) is 3.05. The fraction of sp³-hybridized carbons (Fsp3) is 0.105. The summed E-state index contributed by atoms with van der Waals surface area (Å²) in [6, 6.07) is 10.9. The number of nitrogens with two attached hydrogens (primary N) is 1. The summed E-state index contributed by atoms with van der Waals surface area (Å²) >= 11 is 0. The van der Waals surface area contributed by atoms with E-state index in [0.717, 1.165) is 15.8 Å². The lowest BCUT2D eigenvalue weighted by molar-refractivity contribution is 0.612. The van der Waals surface area contributed by atoms with Crippen LogP contribution in [0.1, 0.15) is 11.1 Å². The molecule has 0 aliphatic heterocycles. The molecule has 0 saturated heterocycles. The van der Waals surface area contributed by atoms with Crippen molar-refractivity contribution in [1.29, 1.82) is 0 Å². The first-order valence-corrected chi connectivity index (χ1v) is 7.86. The third kappa shape index (κ3) is 3.94. The van der Waals surface area contributed by atoms with Crippen LogP contribution in [0.5, 0.6) is 0 Å². The Morgan fingerprint density at radius 1 is 1.23 bits per heavy atom. The molecule has 0 amide bonds. The van der Waals surface area contributed by atoms with Gasteiger partial charge in [-0.3, -0.25) is 4.98 Å². The monoisotopic (exact) mass is 349 g/mol. The summed E-state index contributed by atoms with van der Waals surface area (Å²) in [4.78, 5) is 16.5. The topological polar surface area (TPSA) is 78.7 Å². The fourth-order valence-electron chi connectivity index (χ4n) is 2.27. The third-order valence-electron chi connectivity index (χ3n) is 3.64. The van der Waals surface area contributed by atoms with Crippen LogP contribution in [-0.4, -0.2) is 25.9 Å². The molecule has 0 fully saturated rings. The van der Waals surface area contributed by atoms with Gasteiger partial charge >= 0.3 is 5.69 Å². The van der Waals surface area contributed by atoms with Crippen molar-refractivity contribution in [3.05, 3.63) is 88.6 Å². The second kappa shape index (κ2) is 8.05. The lowest BCUT2D eigenvalue weighted by Crippen LogP contribution is -2.26. The van der Waals surface area contributed by atoms with Crippen molar-refractivity contribution in [2.24, 2.45) is 5.73 Å². The standard InChI is InChI=1S/C19H16FN5O/c20-10-17(11-21)13-25-19(26)24(14-23-25)18-5-1-3-15(9-18)6-7-16-4-2-8-22-12-16/h1-5,8-10,12,14H,11,13,21H2/b17-10+. The van der Waals surface area contributed by atoms with Crippen molar-refractivity contribution in [2.75, 3.05) is 6.54 Å². The number of rotatable bonds is 4. The van der Waals surface area contributed by atoms with Crippen molar-refractivity contribution in [2.45, 2.75) is 6.54 Å². The van der Waals surface area contributed by atoms with Gasteiger partial charge in [-0.25, -0.2) is 18.4 Å². The molecule has 1 aromatic carbocycles. The van der Waals surface area contributed by atoms with Crippen molar-refractivity contribution >= 4 is 0 Å². The van der Waals surface area contributed by atoms with Crippen LogP contribution in [0.15, 0.2) is 71.8 Å². The first-order chi connectivity index (χ1) is 12.7. The summed E-state index contributed by atoms with van der Waals surface area (Å²) in [6.45, 7) is 0.0363. The van der Waals surface area contributed by atoms with Crippen molar-refractivity contribution in [1.82, 2.24) is 19.3 Å². The second-order valence-corrected chi connectivity index (χ2v) is 5.45. The van der Waals surface area contributed by atoms with Gasteiger partial charge in [-0.1, -0.05) is 17.9 Å². The molecule has 0 bridgehead atoms. The predicted octanol–water partition coefficient (Wildman–Crippen LogP) is 1.64. The zero-order valence-electron chi connectivity index (χ0n) is 13.8. The number of aromatic nitrogens is 4. The van der Waals surface area contributed by atoms with E-state index in [0.29, 0.717) is 12.0 Å². The zero-order valence-corrected chi connectivity index (χ0v) is 13.8. The highest BCUT2D eigenvalue weighted by atomic mass is 19.1. The molecule has 0 aliphatic carbocycles. The summed E-state index contributed by atoms with van der Waals surface area (Å²) in [6.07, 6.45) is 5.16. The molecule has 6 nitrogen and oxygen atoms in total. The highest BCUT2D eigenvalue weighted by molar-refractivity contribution is 5.46. The lowest BCUT2D eigenvalue weighted by Gasteiger charge is -2.02. The van der Waals surface area contributed by atoms with Crippen LogP contribution in [-0.2, 0) is 6.54 Å². The number of nitrogens with zero attached hydrogens (tertiary/aromatic N) is 4. The van der Waals surface area contributed by atoms with E-state index in [1.165, 1.54) is 10.9 Å². The summed E-state index contributed by atoms with van der Waals surface area (Å²) in [7, 11) is 0. The Labute approximate surface area is 149 Å². The van der Waals surface area contributed by atoms with Crippen LogP contribution < -0.4 is 11.4 Å². The summed E-state index contributed by atoms with van der Waals surface area (Å²) < 4.78 is 15.2. The van der Waals surface area contributed by atoms with Crippen LogP contribution in [0.4, 0.5) is 4.39 Å². The van der Waals surface area contributed by atoms with E-state index >= 15 is 0 Å². The Bertz CT molecular complexity index is 1040. The molecule has 2 aromatic heterocycles. The van der Waals surface area contributed by atoms with Gasteiger partial charge in [0.05, 0.1) is 18.6 Å². The number of hydrogen-bond donors (Lipinski definition) is 1. The van der Waals surface area contributed by atoms with E-state index < -0.39 is 0 Å². The summed E-state index contributed by atoms with van der Waals surface area (Å²) in [5.41, 5.74) is 7.50. The molecule has 0 spiro atoms. The first-order valence-electron chi connectivity index (χ1n) is 7.86. The van der Waals surface area contributed by atoms with E-state index in [1.54, 1.807) is 30.6 Å². The van der Waals surface area contributed by atoms with Gasteiger partial charge in [-0.15, -0.1) is 0 Å². The molecule has 26 heavy (non-hydrogen) atoms. The molecule has 0 atom stereocenters. The summed E-state index contributed by atoms with van der Waals surface area (Å²) in [5.74, 6) is 6.06. The zero-order chi connectivity index (χ0) is 18.4. The molecule has 2 N–H and O–H groups in total. The van der Waals surface area contributed by atoms with Crippen LogP contribution in [0.2, 0.25) is 0 Å². The Kier molecular flexibility index (Phi) is 5.37. The molecule has 130 valence electrons. The minimum atomic E-state index is -0.379. The van der Waals surface area contributed by atoms with Crippen LogP contribution >= 0.6 is 0 Å². The highest BCUT2D eigenvalue weighted by Gasteiger charge is 2.08. The molecule has 0 unspecified atom stereocenters. The Morgan fingerprint density at radius 3 is 2.77 bits per heavy atom. The number of hydrogen-bond acceptors (Lipinski definition) is 4. The number of benzene rings is 1. The number of pyridine rings is 1. The normalized spacial score (nSPS) is 11.1. The van der Waals surface area contributed by atoms with Gasteiger partial charge in [0, 0.05) is 30.1 Å². The minimum absolute atomic E-state index is 0.0132. The van der Waals surface area contributed by atoms with Crippen LogP contribution in [0.25, 0.3) is 5.69 Å². The lowest BCUT2D eigenvalue weighted by atomic mass is 10.2. The predicted molar refractivity (Wildman–Crippen MR) is 96.3 cm³/mol. The molecule has 2 heterocycles. The molecule has 0 aliphatic rings. The Balaban J connectivity index is 1.89. The summed E-state index contributed by atoms with van der Waals surface area (Å²) in [5, 5.41) is 4.01. The van der Waals surface area contributed by atoms with Crippen molar-refractivity contribution in [3.8, 4) is 17.5 Å². The molecule has 3 aromatic rings. The minimum Gasteiger partial charge on any atom is -0.327 e. The van der Waals surface area contributed by atoms with Gasteiger partial charge in [0.15, 0.2) is 0 Å². The van der Waals surface area contributed by atoms with Crippen LogP contribution in [0.3, 0.4) is 0 Å². The molecule has 0 saturated carbocycles. The SMILES string of the molecule is NC/C(=C\F)Cn1ncn(-c2cccc(C#Cc3cccnc3)c2)c1=O. The molecular weight excluding hydrogens is 333 g/mol. The van der Waals surface area contributed by atoms with E-state index in [-0.39, 0.29) is 24.4 Å². The van der Waals surface area contributed by atoms with Gasteiger partial charge in [0.2, 0.25) is 0 Å². The van der Waals surface area contributed by atoms with E-state index in [4.69, 9.17) is 5.73 Å². The third-order valence-corrected chi connectivity index (χ3v) is 3.64. The molecular formula is C19H16FN5O. The average molecular weight is 349 g/mol. The molecule has 3 rings (SSSR count). The first kappa shape index (κ1) is 17.3. The van der Waals surface area contributed by atoms with E-state index in [1.807, 2.05) is 18.2 Å². The van der Waals surface area contributed by atoms with Gasteiger partial charge in [0.1, 0.15) is 6.33 Å².